The third-order valence-corrected chi connectivity index (χ3v) is 2.72. The molecule has 1 rings (SSSR count). The Balaban J connectivity index is 2.92. The van der Waals surface area contributed by atoms with E-state index in [2.05, 4.69) is 5.32 Å². The third kappa shape index (κ3) is 3.94. The van der Waals surface area contributed by atoms with Gasteiger partial charge in [0.15, 0.2) is 0 Å². The van der Waals surface area contributed by atoms with E-state index in [4.69, 9.17) is 0 Å². The fourth-order valence-corrected chi connectivity index (χ4v) is 1.69. The van der Waals surface area contributed by atoms with E-state index in [1.54, 1.807) is 0 Å². The normalized spacial score (nSPS) is 13.7. The molecule has 0 bridgehead atoms. The minimum Gasteiger partial charge on any atom is -0.313 e. The molecule has 1 nitrogen and oxygen atoms in total. The summed E-state index contributed by atoms with van der Waals surface area (Å²) < 4.78 is 63.3. The predicted octanol–water partition coefficient (Wildman–Crippen LogP) is 3.88. The van der Waals surface area contributed by atoms with Gasteiger partial charge in [-0.25, -0.2) is 8.78 Å². The van der Waals surface area contributed by atoms with Gasteiger partial charge in [-0.1, -0.05) is 0 Å². The van der Waals surface area contributed by atoms with Crippen molar-refractivity contribution in [2.24, 2.45) is 0 Å². The van der Waals surface area contributed by atoms with Crippen LogP contribution in [0.25, 0.3) is 0 Å². The quantitative estimate of drug-likeness (QED) is 0.816. The van der Waals surface area contributed by atoms with Gasteiger partial charge in [0.25, 0.3) is 0 Å². The topological polar surface area (TPSA) is 12.0 Å². The summed E-state index contributed by atoms with van der Waals surface area (Å²) in [5.41, 5.74) is 0.0479. The van der Waals surface area contributed by atoms with E-state index in [1.807, 2.05) is 0 Å². The maximum atomic E-state index is 13.6. The van der Waals surface area contributed by atoms with Crippen molar-refractivity contribution in [1.29, 1.82) is 0 Å². The van der Waals surface area contributed by atoms with Crippen LogP contribution < -0.4 is 5.32 Å². The number of hydrogen-bond acceptors (Lipinski definition) is 1. The average molecular weight is 267 g/mol. The SMILES string of the molecule is CNC(CCC(F)(F)F)c1cc(F)c(C)cc1F. The first kappa shape index (κ1) is 14.9. The molecule has 0 amide bonds. The minimum atomic E-state index is -4.31. The standard InChI is InChI=1S/C12H14F5N/c1-7-5-10(14)8(6-9(7)13)11(18-2)3-4-12(15,16)17/h5-6,11,18H,3-4H2,1-2H3. The zero-order valence-electron chi connectivity index (χ0n) is 10.0. The Bertz CT molecular complexity index is 414. The predicted molar refractivity (Wildman–Crippen MR) is 58.2 cm³/mol. The Hall–Kier alpha value is -1.17. The van der Waals surface area contributed by atoms with Crippen molar-refractivity contribution in [2.45, 2.75) is 32.0 Å². The van der Waals surface area contributed by atoms with Crippen LogP contribution in [0.1, 0.15) is 30.0 Å². The van der Waals surface area contributed by atoms with Gasteiger partial charge in [-0.2, -0.15) is 13.2 Å². The van der Waals surface area contributed by atoms with Gasteiger partial charge in [0.2, 0.25) is 0 Å². The van der Waals surface area contributed by atoms with Crippen molar-refractivity contribution in [3.8, 4) is 0 Å². The summed E-state index contributed by atoms with van der Waals surface area (Å²) in [6, 6.07) is 1.08. The van der Waals surface area contributed by atoms with E-state index in [9.17, 15) is 22.0 Å². The fraction of sp³-hybridized carbons (Fsp3) is 0.500. The summed E-state index contributed by atoms with van der Waals surface area (Å²) >= 11 is 0. The number of halogens is 5. The fourth-order valence-electron chi connectivity index (χ4n) is 1.69. The molecule has 0 spiro atoms. The molecule has 102 valence electrons. The minimum absolute atomic E-state index is 0.0788. The summed E-state index contributed by atoms with van der Waals surface area (Å²) in [6.45, 7) is 1.40. The first-order valence-corrected chi connectivity index (χ1v) is 5.44. The third-order valence-electron chi connectivity index (χ3n) is 2.72. The monoisotopic (exact) mass is 267 g/mol. The van der Waals surface area contributed by atoms with Gasteiger partial charge in [-0.3, -0.25) is 0 Å². The van der Waals surface area contributed by atoms with E-state index in [-0.39, 0.29) is 17.5 Å². The van der Waals surface area contributed by atoms with Gasteiger partial charge < -0.3 is 5.32 Å². The lowest BCUT2D eigenvalue weighted by Crippen LogP contribution is -2.21. The molecule has 1 N–H and O–H groups in total. The molecule has 0 radical (unpaired) electrons. The van der Waals surface area contributed by atoms with Crippen molar-refractivity contribution >= 4 is 0 Å². The molecule has 0 saturated heterocycles. The van der Waals surface area contributed by atoms with Gasteiger partial charge in [0.05, 0.1) is 0 Å². The number of alkyl halides is 3. The highest BCUT2D eigenvalue weighted by atomic mass is 19.4. The van der Waals surface area contributed by atoms with Gasteiger partial charge in [0, 0.05) is 18.0 Å². The molecule has 0 aliphatic carbocycles. The Morgan fingerprint density at radius 2 is 1.78 bits per heavy atom. The van der Waals surface area contributed by atoms with Gasteiger partial charge >= 0.3 is 6.18 Å². The molecule has 1 atom stereocenters. The number of benzene rings is 1. The van der Waals surface area contributed by atoms with Crippen LogP contribution in [0.15, 0.2) is 12.1 Å². The smallest absolute Gasteiger partial charge is 0.313 e. The molecule has 1 unspecified atom stereocenters. The highest BCUT2D eigenvalue weighted by Gasteiger charge is 2.29. The van der Waals surface area contributed by atoms with E-state index >= 15 is 0 Å². The average Bonchev–Trinajstić information content (AvgIpc) is 2.24. The Labute approximate surface area is 102 Å². The number of aryl methyl sites for hydroxylation is 1. The van der Waals surface area contributed by atoms with Crippen LogP contribution in [0.3, 0.4) is 0 Å². The molecule has 0 aromatic heterocycles. The van der Waals surface area contributed by atoms with Crippen molar-refractivity contribution in [3.05, 3.63) is 34.9 Å². The number of rotatable bonds is 4. The molecule has 1 aromatic carbocycles. The Morgan fingerprint density at radius 3 is 2.28 bits per heavy atom. The molecule has 0 saturated carbocycles. The zero-order valence-corrected chi connectivity index (χ0v) is 10.0. The van der Waals surface area contributed by atoms with Crippen LogP contribution >= 0.6 is 0 Å². The lowest BCUT2D eigenvalue weighted by Gasteiger charge is -2.18. The van der Waals surface area contributed by atoms with E-state index in [1.165, 1.54) is 14.0 Å². The van der Waals surface area contributed by atoms with Crippen molar-refractivity contribution in [3.63, 3.8) is 0 Å². The molecule has 6 heteroatoms. The number of nitrogens with one attached hydrogen (secondary N) is 1. The van der Waals surface area contributed by atoms with Crippen molar-refractivity contribution < 1.29 is 22.0 Å². The molecule has 0 fully saturated rings. The second-order valence-corrected chi connectivity index (χ2v) is 4.12. The maximum absolute atomic E-state index is 13.6. The molecular formula is C12H14F5N. The van der Waals surface area contributed by atoms with Gasteiger partial charge in [-0.15, -0.1) is 0 Å². The maximum Gasteiger partial charge on any atom is 0.389 e. The highest BCUT2D eigenvalue weighted by Crippen LogP contribution is 2.29. The summed E-state index contributed by atoms with van der Waals surface area (Å²) in [5, 5.41) is 2.57. The zero-order chi connectivity index (χ0) is 13.9. The second kappa shape index (κ2) is 5.65. The van der Waals surface area contributed by atoms with Crippen LogP contribution in [0.2, 0.25) is 0 Å². The summed E-state index contributed by atoms with van der Waals surface area (Å²) in [5.74, 6) is -1.32. The Kier molecular flexibility index (Phi) is 4.67. The number of hydrogen-bond donors (Lipinski definition) is 1. The molecular weight excluding hydrogens is 253 g/mol. The summed E-state index contributed by atoms with van der Waals surface area (Å²) in [6.07, 6.45) is -5.69. The largest absolute Gasteiger partial charge is 0.389 e. The van der Waals surface area contributed by atoms with Gasteiger partial charge in [0.1, 0.15) is 11.6 Å². The molecule has 0 heterocycles. The molecule has 0 aliphatic rings. The molecule has 0 aliphatic heterocycles. The van der Waals surface area contributed by atoms with Crippen molar-refractivity contribution in [1.82, 2.24) is 5.32 Å². The van der Waals surface area contributed by atoms with Crippen LogP contribution in [-0.2, 0) is 0 Å². The van der Waals surface area contributed by atoms with E-state index in [0.29, 0.717) is 0 Å². The first-order valence-electron chi connectivity index (χ1n) is 5.44. The van der Waals surface area contributed by atoms with Gasteiger partial charge in [-0.05, 0) is 38.1 Å². The Morgan fingerprint density at radius 1 is 1.17 bits per heavy atom. The molecule has 1 aromatic rings. The second-order valence-electron chi connectivity index (χ2n) is 4.12. The van der Waals surface area contributed by atoms with E-state index in [0.717, 1.165) is 12.1 Å². The molecule has 18 heavy (non-hydrogen) atoms. The lowest BCUT2D eigenvalue weighted by atomic mass is 9.99. The van der Waals surface area contributed by atoms with Crippen LogP contribution in [-0.4, -0.2) is 13.2 Å². The lowest BCUT2D eigenvalue weighted by molar-refractivity contribution is -0.136. The first-order chi connectivity index (χ1) is 8.24. The van der Waals surface area contributed by atoms with Crippen LogP contribution in [0, 0.1) is 18.6 Å². The van der Waals surface area contributed by atoms with Crippen LogP contribution in [0.4, 0.5) is 22.0 Å². The highest BCUT2D eigenvalue weighted by molar-refractivity contribution is 5.27. The van der Waals surface area contributed by atoms with Crippen LogP contribution in [0.5, 0.6) is 0 Å². The van der Waals surface area contributed by atoms with E-state index < -0.39 is 30.3 Å². The summed E-state index contributed by atoms with van der Waals surface area (Å²) in [7, 11) is 1.41. The van der Waals surface area contributed by atoms with Crippen molar-refractivity contribution in [2.75, 3.05) is 7.05 Å². The summed E-state index contributed by atoms with van der Waals surface area (Å²) in [4.78, 5) is 0.